The van der Waals surface area contributed by atoms with Crippen LogP contribution in [-0.2, 0) is 18.9 Å². The van der Waals surface area contributed by atoms with Crippen LogP contribution in [0.1, 0.15) is 69.1 Å². The Balaban J connectivity index is 2.65. The number of benzene rings is 2. The number of hydrogen-bond donors (Lipinski definition) is 1. The Kier molecular flexibility index (Phi) is 7.95. The van der Waals surface area contributed by atoms with Gasteiger partial charge in [0, 0.05) is 16.8 Å². The van der Waals surface area contributed by atoms with Crippen LogP contribution in [0.4, 0.5) is 0 Å². The van der Waals surface area contributed by atoms with Crippen molar-refractivity contribution in [2.24, 2.45) is 0 Å². The Bertz CT molecular complexity index is 1310. The van der Waals surface area contributed by atoms with Crippen LogP contribution in [0, 0.1) is 0 Å². The van der Waals surface area contributed by atoms with Crippen LogP contribution in [0.15, 0.2) is 18.2 Å². The highest BCUT2D eigenvalue weighted by Gasteiger charge is 2.37. The minimum atomic E-state index is -0.984. The summed E-state index contributed by atoms with van der Waals surface area (Å²) in [6.07, 6.45) is 0. The summed E-state index contributed by atoms with van der Waals surface area (Å²) in [5, 5.41) is 0.704. The highest BCUT2D eigenvalue weighted by Crippen LogP contribution is 2.38. The maximum atomic E-state index is 13.3. The molecular formula is C25H27NO9. The Morgan fingerprint density at radius 1 is 0.686 bits per heavy atom. The molecule has 1 aromatic heterocycles. The highest BCUT2D eigenvalue weighted by atomic mass is 16.5. The molecule has 0 bridgehead atoms. The fourth-order valence-corrected chi connectivity index (χ4v) is 3.88. The lowest BCUT2D eigenvalue weighted by atomic mass is 9.90. The van der Waals surface area contributed by atoms with E-state index in [4.69, 9.17) is 23.7 Å². The first-order chi connectivity index (χ1) is 16.8. The Labute approximate surface area is 201 Å². The van der Waals surface area contributed by atoms with Crippen molar-refractivity contribution in [1.82, 2.24) is 4.98 Å². The molecule has 0 atom stereocenters. The molecule has 1 N–H and O–H groups in total. The zero-order valence-corrected chi connectivity index (χ0v) is 20.2. The van der Waals surface area contributed by atoms with Crippen LogP contribution in [0.3, 0.4) is 0 Å². The summed E-state index contributed by atoms with van der Waals surface area (Å²) < 4.78 is 26.2. The second-order valence-corrected chi connectivity index (χ2v) is 7.17. The number of fused-ring (bicyclic) bond motifs is 3. The fourth-order valence-electron chi connectivity index (χ4n) is 3.88. The second kappa shape index (κ2) is 10.9. The van der Waals surface area contributed by atoms with E-state index in [0.29, 0.717) is 16.7 Å². The van der Waals surface area contributed by atoms with Gasteiger partial charge in [0.25, 0.3) is 0 Å². The number of methoxy groups -OCH3 is 1. The minimum absolute atomic E-state index is 0.00497. The molecule has 0 spiro atoms. The van der Waals surface area contributed by atoms with E-state index in [9.17, 15) is 19.2 Å². The van der Waals surface area contributed by atoms with Crippen LogP contribution in [-0.4, -0.2) is 62.4 Å². The summed E-state index contributed by atoms with van der Waals surface area (Å²) in [6.45, 7) is 6.30. The van der Waals surface area contributed by atoms with Gasteiger partial charge in [0.05, 0.1) is 66.8 Å². The van der Waals surface area contributed by atoms with Gasteiger partial charge in [0.15, 0.2) is 0 Å². The summed E-state index contributed by atoms with van der Waals surface area (Å²) in [5.41, 5.74) is -0.703. The van der Waals surface area contributed by atoms with Gasteiger partial charge in [-0.1, -0.05) is 0 Å². The lowest BCUT2D eigenvalue weighted by molar-refractivity contribution is 0.0446. The molecule has 3 aromatic rings. The van der Waals surface area contributed by atoms with Crippen molar-refractivity contribution in [2.45, 2.75) is 27.7 Å². The highest BCUT2D eigenvalue weighted by molar-refractivity contribution is 6.28. The van der Waals surface area contributed by atoms with Gasteiger partial charge in [-0.2, -0.15) is 0 Å². The van der Waals surface area contributed by atoms with Crippen LogP contribution in [0.25, 0.3) is 21.8 Å². The molecule has 0 aliphatic rings. The Morgan fingerprint density at radius 3 is 1.63 bits per heavy atom. The molecule has 186 valence electrons. The smallest absolute Gasteiger partial charge is 0.341 e. The maximum Gasteiger partial charge on any atom is 0.341 e. The molecule has 0 fully saturated rings. The Hall–Kier alpha value is -4.08. The lowest BCUT2D eigenvalue weighted by Gasteiger charge is -2.18. The van der Waals surface area contributed by atoms with E-state index in [1.165, 1.54) is 7.11 Å². The Morgan fingerprint density at radius 2 is 1.14 bits per heavy atom. The molecule has 1 heterocycles. The average Bonchev–Trinajstić information content (AvgIpc) is 3.20. The number of ether oxygens (including phenoxy) is 5. The largest absolute Gasteiger partial charge is 0.497 e. The van der Waals surface area contributed by atoms with Crippen molar-refractivity contribution in [3.05, 3.63) is 40.5 Å². The normalized spacial score (nSPS) is 10.8. The van der Waals surface area contributed by atoms with E-state index in [1.807, 2.05) is 0 Å². The van der Waals surface area contributed by atoms with Gasteiger partial charge in [-0.3, -0.25) is 0 Å². The SMILES string of the molecule is CCOC(=O)c1c(C(=O)OCC)c(C(=O)OCC)c2c([nH]c3cc(OC)ccc32)c1C(=O)OCC. The molecule has 10 nitrogen and oxygen atoms in total. The van der Waals surface area contributed by atoms with Crippen molar-refractivity contribution in [2.75, 3.05) is 33.5 Å². The zero-order valence-electron chi connectivity index (χ0n) is 20.2. The van der Waals surface area contributed by atoms with Crippen molar-refractivity contribution >= 4 is 45.7 Å². The van der Waals surface area contributed by atoms with E-state index in [2.05, 4.69) is 4.98 Å². The molecule has 10 heteroatoms. The van der Waals surface area contributed by atoms with Crippen molar-refractivity contribution < 1.29 is 42.9 Å². The molecular weight excluding hydrogens is 458 g/mol. The number of rotatable bonds is 9. The molecule has 0 radical (unpaired) electrons. The van der Waals surface area contributed by atoms with Gasteiger partial charge in [-0.25, -0.2) is 19.2 Å². The third-order valence-electron chi connectivity index (χ3n) is 5.17. The van der Waals surface area contributed by atoms with Gasteiger partial charge in [0.2, 0.25) is 0 Å². The molecule has 35 heavy (non-hydrogen) atoms. The number of esters is 4. The third kappa shape index (κ3) is 4.64. The van der Waals surface area contributed by atoms with E-state index in [1.54, 1.807) is 45.9 Å². The molecule has 3 rings (SSSR count). The lowest BCUT2D eigenvalue weighted by Crippen LogP contribution is -2.24. The monoisotopic (exact) mass is 485 g/mol. The van der Waals surface area contributed by atoms with E-state index >= 15 is 0 Å². The third-order valence-corrected chi connectivity index (χ3v) is 5.17. The van der Waals surface area contributed by atoms with Gasteiger partial charge in [0.1, 0.15) is 5.75 Å². The topological polar surface area (TPSA) is 130 Å². The summed E-state index contributed by atoms with van der Waals surface area (Å²) in [7, 11) is 1.50. The number of nitrogens with one attached hydrogen (secondary N) is 1. The second-order valence-electron chi connectivity index (χ2n) is 7.17. The predicted octanol–water partition coefficient (Wildman–Crippen LogP) is 4.04. The average molecular weight is 485 g/mol. The van der Waals surface area contributed by atoms with Crippen LogP contribution in [0.2, 0.25) is 0 Å². The molecule has 0 amide bonds. The van der Waals surface area contributed by atoms with Crippen molar-refractivity contribution in [3.63, 3.8) is 0 Å². The molecule has 0 aliphatic carbocycles. The first-order valence-electron chi connectivity index (χ1n) is 11.2. The van der Waals surface area contributed by atoms with Crippen molar-refractivity contribution in [3.8, 4) is 5.75 Å². The van der Waals surface area contributed by atoms with Gasteiger partial charge in [-0.15, -0.1) is 0 Å². The number of hydrogen-bond acceptors (Lipinski definition) is 9. The first kappa shape index (κ1) is 25.5. The molecule has 0 aliphatic heterocycles. The van der Waals surface area contributed by atoms with Gasteiger partial charge >= 0.3 is 23.9 Å². The van der Waals surface area contributed by atoms with Crippen LogP contribution in [0.5, 0.6) is 5.75 Å². The minimum Gasteiger partial charge on any atom is -0.497 e. The van der Waals surface area contributed by atoms with Crippen LogP contribution < -0.4 is 4.74 Å². The molecule has 0 saturated carbocycles. The molecule has 0 saturated heterocycles. The summed E-state index contributed by atoms with van der Waals surface area (Å²) in [4.78, 5) is 55.9. The summed E-state index contributed by atoms with van der Waals surface area (Å²) >= 11 is 0. The first-order valence-corrected chi connectivity index (χ1v) is 11.2. The molecule has 2 aromatic carbocycles. The standard InChI is InChI=1S/C25H27NO9/c1-6-32-22(27)17-16-14-11-10-13(31-5)12-15(14)26-21(16)20(25(30)35-9-4)19(24(29)34-8-3)18(17)23(28)33-7-2/h10-12,26H,6-9H2,1-5H3. The van der Waals surface area contributed by atoms with E-state index in [-0.39, 0.29) is 48.5 Å². The number of aromatic amines is 1. The fraction of sp³-hybridized carbons (Fsp3) is 0.360. The maximum absolute atomic E-state index is 13.3. The number of aromatic nitrogens is 1. The van der Waals surface area contributed by atoms with E-state index < -0.39 is 35.0 Å². The van der Waals surface area contributed by atoms with Gasteiger partial charge in [-0.05, 0) is 39.8 Å². The number of H-pyrrole nitrogens is 1. The summed E-state index contributed by atoms with van der Waals surface area (Å²) in [6, 6.07) is 4.99. The summed E-state index contributed by atoms with van der Waals surface area (Å²) in [5.74, 6) is -3.19. The number of carbonyl (C=O) groups is 4. The quantitative estimate of drug-likeness (QED) is 0.352. The zero-order chi connectivity index (χ0) is 25.7. The van der Waals surface area contributed by atoms with Crippen molar-refractivity contribution in [1.29, 1.82) is 0 Å². The van der Waals surface area contributed by atoms with Crippen LogP contribution >= 0.6 is 0 Å². The predicted molar refractivity (Wildman–Crippen MR) is 126 cm³/mol. The van der Waals surface area contributed by atoms with Gasteiger partial charge < -0.3 is 28.7 Å². The molecule has 0 unspecified atom stereocenters. The number of carbonyl (C=O) groups excluding carboxylic acids is 4. The van der Waals surface area contributed by atoms with E-state index in [0.717, 1.165) is 0 Å².